The van der Waals surface area contributed by atoms with Gasteiger partial charge in [0.2, 0.25) is 12.3 Å². The highest BCUT2D eigenvalue weighted by atomic mass is 19.1. The number of Topliss-reactive ketones (excluding diaryl/α,β-unsaturated/α-hetero) is 1. The number of hydrogen-bond donors (Lipinski definition) is 1. The van der Waals surface area contributed by atoms with E-state index in [0.717, 1.165) is 17.1 Å². The van der Waals surface area contributed by atoms with Crippen LogP contribution in [0.5, 0.6) is 0 Å². The van der Waals surface area contributed by atoms with Gasteiger partial charge in [0.25, 0.3) is 5.91 Å². The van der Waals surface area contributed by atoms with Gasteiger partial charge in [-0.05, 0) is 50.2 Å². The maximum absolute atomic E-state index is 13.2. The number of amides is 1. The molecule has 5 nitrogen and oxygen atoms in total. The molecule has 0 atom stereocenters. The first-order valence-electron chi connectivity index (χ1n) is 8.14. The van der Waals surface area contributed by atoms with E-state index in [1.165, 1.54) is 12.1 Å². The van der Waals surface area contributed by atoms with Gasteiger partial charge in [-0.15, -0.1) is 0 Å². The molecule has 0 fully saturated rings. The molecule has 1 aromatic carbocycles. The summed E-state index contributed by atoms with van der Waals surface area (Å²) in [5.74, 6) is -0.933. The molecule has 132 valence electrons. The molecule has 2 aromatic heterocycles. The number of nitrogens with two attached hydrogens (primary N) is 1. The Hall–Kier alpha value is -3.28. The molecule has 3 aromatic rings. The first kappa shape index (κ1) is 17.5. The highest BCUT2D eigenvalue weighted by molar-refractivity contribution is 5.97. The van der Waals surface area contributed by atoms with Crippen LogP contribution in [0.25, 0.3) is 5.69 Å². The Kier molecular flexibility index (Phi) is 4.67. The van der Waals surface area contributed by atoms with Crippen molar-refractivity contribution in [2.24, 2.45) is 5.73 Å². The molecule has 2 heterocycles. The summed E-state index contributed by atoms with van der Waals surface area (Å²) in [4.78, 5) is 24.0. The Morgan fingerprint density at radius 3 is 2.50 bits per heavy atom. The number of carbonyl (C=O) groups is 2. The van der Waals surface area contributed by atoms with E-state index in [9.17, 15) is 14.0 Å². The molecule has 0 radical (unpaired) electrons. The zero-order valence-electron chi connectivity index (χ0n) is 14.6. The Bertz CT molecular complexity index is 991. The van der Waals surface area contributed by atoms with Gasteiger partial charge in [0.1, 0.15) is 11.4 Å². The summed E-state index contributed by atoms with van der Waals surface area (Å²) in [7, 11) is 0. The van der Waals surface area contributed by atoms with Crippen molar-refractivity contribution in [1.82, 2.24) is 4.57 Å². The van der Waals surface area contributed by atoms with Gasteiger partial charge in [-0.25, -0.2) is 4.39 Å². The Labute approximate surface area is 150 Å². The monoisotopic (exact) mass is 352 g/mol. The predicted octanol–water partition coefficient (Wildman–Crippen LogP) is 2.50. The molecule has 0 aliphatic rings. The summed E-state index contributed by atoms with van der Waals surface area (Å²) in [6.45, 7) is 3.84. The van der Waals surface area contributed by atoms with E-state index in [-0.39, 0.29) is 18.1 Å². The molecule has 0 aliphatic heterocycles. The van der Waals surface area contributed by atoms with Crippen LogP contribution in [0.1, 0.15) is 32.1 Å². The zero-order valence-corrected chi connectivity index (χ0v) is 14.6. The quantitative estimate of drug-likeness (QED) is 0.566. The van der Waals surface area contributed by atoms with Crippen LogP contribution >= 0.6 is 0 Å². The van der Waals surface area contributed by atoms with E-state index in [0.29, 0.717) is 11.1 Å². The van der Waals surface area contributed by atoms with Crippen LogP contribution in [0, 0.1) is 19.7 Å². The van der Waals surface area contributed by atoms with Crippen molar-refractivity contribution < 1.29 is 18.5 Å². The van der Waals surface area contributed by atoms with E-state index >= 15 is 0 Å². The second kappa shape index (κ2) is 6.92. The third kappa shape index (κ3) is 3.39. The van der Waals surface area contributed by atoms with Crippen molar-refractivity contribution in [3.05, 3.63) is 83.2 Å². The summed E-state index contributed by atoms with van der Waals surface area (Å²) >= 11 is 0. The minimum Gasteiger partial charge on any atom is -0.365 e. The lowest BCUT2D eigenvalue weighted by atomic mass is 10.1. The fraction of sp³-hybridized carbons (Fsp3) is 0.150. The molecule has 26 heavy (non-hydrogen) atoms. The molecule has 0 spiro atoms. The lowest BCUT2D eigenvalue weighted by molar-refractivity contribution is -0.683. The number of halogens is 1. The molecule has 3 rings (SSSR count). The smallest absolute Gasteiger partial charge is 0.254 e. The van der Waals surface area contributed by atoms with Crippen LogP contribution in [0.4, 0.5) is 4.39 Å². The lowest BCUT2D eigenvalue weighted by Gasteiger charge is -2.09. The number of rotatable bonds is 5. The van der Waals surface area contributed by atoms with Crippen LogP contribution in [-0.2, 0) is 6.54 Å². The summed E-state index contributed by atoms with van der Waals surface area (Å²) < 4.78 is 16.7. The van der Waals surface area contributed by atoms with Crippen LogP contribution in [0.15, 0.2) is 54.9 Å². The molecule has 0 unspecified atom stereocenters. The lowest BCUT2D eigenvalue weighted by Crippen LogP contribution is -2.38. The highest BCUT2D eigenvalue weighted by Crippen LogP contribution is 2.21. The van der Waals surface area contributed by atoms with Crippen LogP contribution < -0.4 is 10.3 Å². The minimum atomic E-state index is -0.540. The maximum Gasteiger partial charge on any atom is 0.254 e. The van der Waals surface area contributed by atoms with E-state index in [4.69, 9.17) is 5.73 Å². The molecule has 2 N–H and O–H groups in total. The summed E-state index contributed by atoms with van der Waals surface area (Å²) in [5, 5.41) is 0. The summed E-state index contributed by atoms with van der Waals surface area (Å²) in [6, 6.07) is 11.2. The Balaban J connectivity index is 1.91. The van der Waals surface area contributed by atoms with Gasteiger partial charge in [-0.2, -0.15) is 4.57 Å². The summed E-state index contributed by atoms with van der Waals surface area (Å²) in [5.41, 5.74) is 8.67. The van der Waals surface area contributed by atoms with Crippen LogP contribution in [0.2, 0.25) is 0 Å². The zero-order chi connectivity index (χ0) is 18.8. The largest absolute Gasteiger partial charge is 0.365 e. The fourth-order valence-corrected chi connectivity index (χ4v) is 3.05. The molecule has 0 saturated heterocycles. The van der Waals surface area contributed by atoms with E-state index < -0.39 is 5.91 Å². The molecule has 0 saturated carbocycles. The van der Waals surface area contributed by atoms with Gasteiger partial charge < -0.3 is 10.3 Å². The van der Waals surface area contributed by atoms with E-state index in [2.05, 4.69) is 0 Å². The number of nitrogens with zero attached hydrogens (tertiary/aromatic N) is 2. The van der Waals surface area contributed by atoms with Crippen molar-refractivity contribution in [3.63, 3.8) is 0 Å². The first-order valence-corrected chi connectivity index (χ1v) is 8.14. The number of carbonyl (C=O) groups excluding carboxylic acids is 2. The van der Waals surface area contributed by atoms with Gasteiger partial charge in [0.15, 0.2) is 12.4 Å². The average molecular weight is 352 g/mol. The van der Waals surface area contributed by atoms with Gasteiger partial charge in [-0.3, -0.25) is 9.59 Å². The molecule has 0 aliphatic carbocycles. The number of primary amides is 1. The van der Waals surface area contributed by atoms with Crippen LogP contribution in [-0.4, -0.2) is 16.3 Å². The van der Waals surface area contributed by atoms with Crippen molar-refractivity contribution in [2.45, 2.75) is 20.4 Å². The van der Waals surface area contributed by atoms with Crippen LogP contribution in [0.3, 0.4) is 0 Å². The standard InChI is InChI=1S/C20H18FN3O2/c1-13-10-18(14(2)24(13)17-7-5-16(21)6-8-17)19(25)12-23-9-3-4-15(11-23)20(22)26/h3-11H,12H2,1-2H3,(H-,22,26)/p+1. The van der Waals surface area contributed by atoms with E-state index in [1.54, 1.807) is 41.2 Å². The Morgan fingerprint density at radius 1 is 1.15 bits per heavy atom. The molecular weight excluding hydrogens is 333 g/mol. The fourth-order valence-electron chi connectivity index (χ4n) is 3.05. The topological polar surface area (TPSA) is 69.0 Å². The SMILES string of the molecule is Cc1cc(C(=O)C[n+]2cccc(C(N)=O)c2)c(C)n1-c1ccc(F)cc1. The van der Waals surface area contributed by atoms with Gasteiger partial charge >= 0.3 is 0 Å². The maximum atomic E-state index is 13.2. The van der Waals surface area contributed by atoms with Gasteiger partial charge in [0, 0.05) is 28.7 Å². The number of ketones is 1. The molecule has 1 amide bonds. The highest BCUT2D eigenvalue weighted by Gasteiger charge is 2.20. The predicted molar refractivity (Wildman–Crippen MR) is 94.7 cm³/mol. The van der Waals surface area contributed by atoms with Crippen molar-refractivity contribution in [1.29, 1.82) is 0 Å². The molecule has 6 heteroatoms. The Morgan fingerprint density at radius 2 is 1.85 bits per heavy atom. The molecular formula is C20H19FN3O2+. The van der Waals surface area contributed by atoms with Crippen molar-refractivity contribution in [2.75, 3.05) is 0 Å². The van der Waals surface area contributed by atoms with Gasteiger partial charge in [-0.1, -0.05) is 0 Å². The first-order chi connectivity index (χ1) is 12.4. The molecule has 0 bridgehead atoms. The normalized spacial score (nSPS) is 10.7. The number of benzene rings is 1. The van der Waals surface area contributed by atoms with E-state index in [1.807, 2.05) is 24.5 Å². The number of aromatic nitrogens is 2. The third-order valence-corrected chi connectivity index (χ3v) is 4.29. The number of aryl methyl sites for hydroxylation is 1. The summed E-state index contributed by atoms with van der Waals surface area (Å²) in [6.07, 6.45) is 3.27. The van der Waals surface area contributed by atoms with Crippen molar-refractivity contribution in [3.8, 4) is 5.69 Å². The van der Waals surface area contributed by atoms with Crippen molar-refractivity contribution >= 4 is 11.7 Å². The number of pyridine rings is 1. The second-order valence-electron chi connectivity index (χ2n) is 6.15. The average Bonchev–Trinajstić information content (AvgIpc) is 2.91. The number of hydrogen-bond acceptors (Lipinski definition) is 2. The minimum absolute atomic E-state index is 0.0851. The third-order valence-electron chi connectivity index (χ3n) is 4.29. The van der Waals surface area contributed by atoms with Gasteiger partial charge in [0.05, 0.1) is 0 Å². The second-order valence-corrected chi connectivity index (χ2v) is 6.15.